The molecule has 0 aromatic heterocycles. The van der Waals surface area contributed by atoms with Crippen LogP contribution in [-0.2, 0) is 11.3 Å². The van der Waals surface area contributed by atoms with Crippen molar-refractivity contribution in [2.45, 2.75) is 59.9 Å². The molecule has 0 spiro atoms. The van der Waals surface area contributed by atoms with Gasteiger partial charge in [-0.25, -0.2) is 0 Å². The third kappa shape index (κ3) is 9.65. The molecule has 1 aromatic carbocycles. The van der Waals surface area contributed by atoms with E-state index in [1.54, 1.807) is 0 Å². The lowest BCUT2D eigenvalue weighted by Crippen LogP contribution is -2.46. The van der Waals surface area contributed by atoms with Crippen molar-refractivity contribution in [2.24, 2.45) is 0 Å². The first-order chi connectivity index (χ1) is 16.5. The van der Waals surface area contributed by atoms with Gasteiger partial charge in [0.2, 0.25) is 6.79 Å². The van der Waals surface area contributed by atoms with E-state index in [-0.39, 0.29) is 0 Å². The van der Waals surface area contributed by atoms with Gasteiger partial charge in [0.15, 0.2) is 11.5 Å². The summed E-state index contributed by atoms with van der Waals surface area (Å²) in [4.78, 5) is 5.02. The Labute approximate surface area is 207 Å². The smallest absolute Gasteiger partial charge is 0.231 e. The van der Waals surface area contributed by atoms with E-state index in [0.717, 1.165) is 83.2 Å². The highest BCUT2D eigenvalue weighted by Crippen LogP contribution is 2.32. The highest BCUT2D eigenvalue weighted by molar-refractivity contribution is 5.44. The van der Waals surface area contributed by atoms with E-state index in [2.05, 4.69) is 67.9 Å². The molecular formula is C29H44N2O3. The Hall–Kier alpha value is -2.08. The molecule has 0 radical (unpaired) electrons. The molecule has 5 nitrogen and oxygen atoms in total. The highest BCUT2D eigenvalue weighted by atomic mass is 16.7. The lowest BCUT2D eigenvalue weighted by molar-refractivity contribution is 0.0835. The fourth-order valence-corrected chi connectivity index (χ4v) is 4.29. The van der Waals surface area contributed by atoms with Crippen molar-refractivity contribution >= 4 is 0 Å². The van der Waals surface area contributed by atoms with E-state index in [1.807, 2.05) is 6.07 Å². The van der Waals surface area contributed by atoms with Crippen LogP contribution in [0.4, 0.5) is 0 Å². The van der Waals surface area contributed by atoms with Crippen LogP contribution in [0.1, 0.15) is 58.9 Å². The van der Waals surface area contributed by atoms with Crippen molar-refractivity contribution in [1.82, 2.24) is 9.80 Å². The Morgan fingerprint density at radius 1 is 0.853 bits per heavy atom. The van der Waals surface area contributed by atoms with Gasteiger partial charge < -0.3 is 14.2 Å². The average molecular weight is 469 g/mol. The standard InChI is InChI=1S/C29H44N2O3/c1-24(2)7-5-8-25(3)9-6-10-26(4)13-19-32-20-18-30-14-16-31(17-15-30)22-27-11-12-28-29(21-27)34-23-33-28/h7,9,11-13,21H,5-6,8,10,14-20,22-23H2,1-4H3. The Bertz CT molecular complexity index is 847. The van der Waals surface area contributed by atoms with Crippen molar-refractivity contribution in [3.05, 3.63) is 58.7 Å². The number of rotatable bonds is 13. The Morgan fingerprint density at radius 2 is 1.53 bits per heavy atom. The number of nitrogens with zero attached hydrogens (tertiary/aromatic N) is 2. The summed E-state index contributed by atoms with van der Waals surface area (Å²) in [7, 11) is 0. The van der Waals surface area contributed by atoms with Crippen molar-refractivity contribution in [1.29, 1.82) is 0 Å². The topological polar surface area (TPSA) is 34.2 Å². The van der Waals surface area contributed by atoms with Gasteiger partial charge in [0, 0.05) is 39.3 Å². The second-order valence-corrected chi connectivity index (χ2v) is 9.84. The molecule has 0 N–H and O–H groups in total. The first-order valence-electron chi connectivity index (χ1n) is 12.8. The molecule has 0 amide bonds. The SMILES string of the molecule is CC(C)=CCCC(C)=CCCC(C)=CCOCCN1CCN(Cc2ccc3c(c2)OCO3)CC1. The lowest BCUT2D eigenvalue weighted by Gasteiger charge is -2.34. The first-order valence-corrected chi connectivity index (χ1v) is 12.8. The van der Waals surface area contributed by atoms with Gasteiger partial charge in [0.25, 0.3) is 0 Å². The van der Waals surface area contributed by atoms with Crippen LogP contribution in [-0.4, -0.2) is 62.5 Å². The van der Waals surface area contributed by atoms with Gasteiger partial charge in [-0.15, -0.1) is 0 Å². The largest absolute Gasteiger partial charge is 0.454 e. The van der Waals surface area contributed by atoms with Crippen molar-refractivity contribution in [3.8, 4) is 11.5 Å². The van der Waals surface area contributed by atoms with Crippen LogP contribution in [0.5, 0.6) is 11.5 Å². The molecule has 1 aromatic rings. The summed E-state index contributed by atoms with van der Waals surface area (Å²) in [6.07, 6.45) is 11.5. The molecule has 2 aliphatic rings. The molecule has 0 bridgehead atoms. The van der Waals surface area contributed by atoms with Crippen molar-refractivity contribution in [2.75, 3.05) is 52.7 Å². The monoisotopic (exact) mass is 468 g/mol. The summed E-state index contributed by atoms with van der Waals surface area (Å²) in [6, 6.07) is 6.28. The zero-order valence-corrected chi connectivity index (χ0v) is 21.8. The zero-order valence-electron chi connectivity index (χ0n) is 21.8. The molecular weight excluding hydrogens is 424 g/mol. The number of hydrogen-bond donors (Lipinski definition) is 0. The predicted molar refractivity (Wildman–Crippen MR) is 141 cm³/mol. The minimum absolute atomic E-state index is 0.336. The third-order valence-electron chi connectivity index (χ3n) is 6.53. The van der Waals surface area contributed by atoms with Gasteiger partial charge >= 0.3 is 0 Å². The van der Waals surface area contributed by atoms with Crippen LogP contribution < -0.4 is 9.47 Å². The minimum atomic E-state index is 0.336. The van der Waals surface area contributed by atoms with E-state index in [4.69, 9.17) is 14.2 Å². The molecule has 34 heavy (non-hydrogen) atoms. The van der Waals surface area contributed by atoms with E-state index in [1.165, 1.54) is 28.7 Å². The maximum Gasteiger partial charge on any atom is 0.231 e. The van der Waals surface area contributed by atoms with E-state index in [0.29, 0.717) is 6.79 Å². The van der Waals surface area contributed by atoms with Crippen LogP contribution in [0.15, 0.2) is 53.1 Å². The Morgan fingerprint density at radius 3 is 2.29 bits per heavy atom. The Balaban J connectivity index is 1.22. The van der Waals surface area contributed by atoms with Gasteiger partial charge in [0.05, 0.1) is 13.2 Å². The summed E-state index contributed by atoms with van der Waals surface area (Å²) in [5, 5.41) is 0. The molecule has 2 heterocycles. The molecule has 1 fully saturated rings. The van der Waals surface area contributed by atoms with Gasteiger partial charge in [0.1, 0.15) is 0 Å². The van der Waals surface area contributed by atoms with Crippen LogP contribution in [0.25, 0.3) is 0 Å². The number of benzene rings is 1. The second-order valence-electron chi connectivity index (χ2n) is 9.84. The van der Waals surface area contributed by atoms with Crippen LogP contribution in [0.3, 0.4) is 0 Å². The van der Waals surface area contributed by atoms with E-state index in [9.17, 15) is 0 Å². The fraction of sp³-hybridized carbons (Fsp3) is 0.586. The van der Waals surface area contributed by atoms with Crippen molar-refractivity contribution in [3.63, 3.8) is 0 Å². The molecule has 1 saturated heterocycles. The quantitative estimate of drug-likeness (QED) is 0.263. The maximum absolute atomic E-state index is 5.90. The van der Waals surface area contributed by atoms with Crippen LogP contribution >= 0.6 is 0 Å². The third-order valence-corrected chi connectivity index (χ3v) is 6.53. The number of fused-ring (bicyclic) bond motifs is 1. The fourth-order valence-electron chi connectivity index (χ4n) is 4.29. The summed E-state index contributed by atoms with van der Waals surface area (Å²) in [5.74, 6) is 1.73. The number of allylic oxidation sites excluding steroid dienone is 5. The van der Waals surface area contributed by atoms with Gasteiger partial charge in [-0.2, -0.15) is 0 Å². The number of ether oxygens (including phenoxy) is 3. The van der Waals surface area contributed by atoms with Gasteiger partial charge in [-0.05, 0) is 71.1 Å². The normalized spacial score (nSPS) is 17.3. The lowest BCUT2D eigenvalue weighted by atomic mass is 10.1. The Kier molecular flexibility index (Phi) is 11.2. The van der Waals surface area contributed by atoms with E-state index >= 15 is 0 Å². The molecule has 188 valence electrons. The first kappa shape index (κ1) is 26.5. The number of hydrogen-bond acceptors (Lipinski definition) is 5. The molecule has 3 rings (SSSR count). The summed E-state index contributed by atoms with van der Waals surface area (Å²) in [6.45, 7) is 17.0. The average Bonchev–Trinajstić information content (AvgIpc) is 3.28. The molecule has 0 saturated carbocycles. The summed E-state index contributed by atoms with van der Waals surface area (Å²) >= 11 is 0. The molecule has 0 unspecified atom stereocenters. The van der Waals surface area contributed by atoms with Gasteiger partial charge in [-0.3, -0.25) is 9.80 Å². The number of piperazine rings is 1. The predicted octanol–water partition coefficient (Wildman–Crippen LogP) is 5.97. The maximum atomic E-state index is 5.90. The van der Waals surface area contributed by atoms with E-state index < -0.39 is 0 Å². The minimum Gasteiger partial charge on any atom is -0.454 e. The second kappa shape index (κ2) is 14.3. The van der Waals surface area contributed by atoms with Gasteiger partial charge in [-0.1, -0.05) is 41.0 Å². The molecule has 2 aliphatic heterocycles. The van der Waals surface area contributed by atoms with Crippen LogP contribution in [0, 0.1) is 0 Å². The molecule has 0 aliphatic carbocycles. The van der Waals surface area contributed by atoms with Crippen LogP contribution in [0.2, 0.25) is 0 Å². The molecule has 5 heteroatoms. The summed E-state index contributed by atoms with van der Waals surface area (Å²) < 4.78 is 16.8. The zero-order chi connectivity index (χ0) is 24.2. The van der Waals surface area contributed by atoms with Crippen molar-refractivity contribution < 1.29 is 14.2 Å². The summed E-state index contributed by atoms with van der Waals surface area (Å²) in [5.41, 5.74) is 5.62. The highest BCUT2D eigenvalue weighted by Gasteiger charge is 2.18. The molecule has 0 atom stereocenters.